The van der Waals surface area contributed by atoms with Crippen molar-refractivity contribution >= 4 is 11.9 Å². The van der Waals surface area contributed by atoms with Crippen LogP contribution in [0.15, 0.2) is 78.9 Å². The number of nitrogens with zero attached hydrogens (tertiary/aromatic N) is 1. The first-order valence-corrected chi connectivity index (χ1v) is 9.26. The number of ether oxygens (including phenoxy) is 1. The first kappa shape index (κ1) is 19.8. The second kappa shape index (κ2) is 9.86. The molecule has 1 amide bonds. The summed E-state index contributed by atoms with van der Waals surface area (Å²) in [6, 6.07) is 25.9. The van der Waals surface area contributed by atoms with Crippen molar-refractivity contribution < 1.29 is 14.3 Å². The lowest BCUT2D eigenvalue weighted by Gasteiger charge is -2.07. The molecule has 0 radical (unpaired) electrons. The number of hydrogen-bond donors (Lipinski definition) is 1. The van der Waals surface area contributed by atoms with Crippen molar-refractivity contribution in [2.45, 2.75) is 12.8 Å². The fourth-order valence-corrected chi connectivity index (χ4v) is 2.78. The minimum atomic E-state index is -0.406. The Kier molecular flexibility index (Phi) is 6.75. The zero-order valence-corrected chi connectivity index (χ0v) is 15.8. The standard InChI is InChI=1S/C24H20N2O3/c25-17-19-6-8-20(9-7-19)21-10-12-22(13-11-21)29-24(28)14-15-26-23(27)16-18-4-2-1-3-5-18/h1-13H,14-16H2,(H,26,27). The fourth-order valence-electron chi connectivity index (χ4n) is 2.78. The number of esters is 1. The van der Waals surface area contributed by atoms with E-state index in [1.165, 1.54) is 0 Å². The maximum Gasteiger partial charge on any atom is 0.312 e. The van der Waals surface area contributed by atoms with Crippen LogP contribution in [0, 0.1) is 11.3 Å². The second-order valence-corrected chi connectivity index (χ2v) is 6.45. The summed E-state index contributed by atoms with van der Waals surface area (Å²) in [5.41, 5.74) is 3.47. The number of carbonyl (C=O) groups is 2. The number of amides is 1. The highest BCUT2D eigenvalue weighted by Gasteiger charge is 2.08. The minimum absolute atomic E-state index is 0.0951. The van der Waals surface area contributed by atoms with Crippen LogP contribution in [0.25, 0.3) is 11.1 Å². The average Bonchev–Trinajstić information content (AvgIpc) is 2.75. The highest BCUT2D eigenvalue weighted by Crippen LogP contribution is 2.23. The van der Waals surface area contributed by atoms with Crippen LogP contribution in [0.5, 0.6) is 5.75 Å². The van der Waals surface area contributed by atoms with Crippen molar-refractivity contribution in [1.29, 1.82) is 5.26 Å². The normalized spacial score (nSPS) is 10.0. The van der Waals surface area contributed by atoms with Gasteiger partial charge in [-0.3, -0.25) is 9.59 Å². The Hall–Kier alpha value is -3.91. The average molecular weight is 384 g/mol. The highest BCUT2D eigenvalue weighted by atomic mass is 16.5. The van der Waals surface area contributed by atoms with E-state index in [0.29, 0.717) is 11.3 Å². The van der Waals surface area contributed by atoms with Crippen molar-refractivity contribution in [3.05, 3.63) is 90.0 Å². The van der Waals surface area contributed by atoms with Crippen molar-refractivity contribution in [2.75, 3.05) is 6.54 Å². The Bertz CT molecular complexity index is 1000. The molecule has 0 bridgehead atoms. The van der Waals surface area contributed by atoms with E-state index < -0.39 is 5.97 Å². The fraction of sp³-hybridized carbons (Fsp3) is 0.125. The molecule has 5 nitrogen and oxygen atoms in total. The molecule has 0 saturated heterocycles. The van der Waals surface area contributed by atoms with Crippen LogP contribution in [-0.2, 0) is 16.0 Å². The van der Waals surface area contributed by atoms with Crippen LogP contribution < -0.4 is 10.1 Å². The summed E-state index contributed by atoms with van der Waals surface area (Å²) in [4.78, 5) is 23.9. The van der Waals surface area contributed by atoms with E-state index in [1.807, 2.05) is 54.6 Å². The third-order valence-electron chi connectivity index (χ3n) is 4.29. The molecule has 3 rings (SSSR count). The minimum Gasteiger partial charge on any atom is -0.426 e. The molecule has 0 unspecified atom stereocenters. The van der Waals surface area contributed by atoms with Crippen molar-refractivity contribution in [3.63, 3.8) is 0 Å². The molecule has 5 heteroatoms. The molecule has 0 aliphatic heterocycles. The van der Waals surface area contributed by atoms with Crippen LogP contribution in [0.4, 0.5) is 0 Å². The predicted molar refractivity (Wildman–Crippen MR) is 110 cm³/mol. The van der Waals surface area contributed by atoms with Crippen LogP contribution in [0.3, 0.4) is 0 Å². The van der Waals surface area contributed by atoms with E-state index in [9.17, 15) is 9.59 Å². The van der Waals surface area contributed by atoms with E-state index in [2.05, 4.69) is 11.4 Å². The molecule has 144 valence electrons. The summed E-state index contributed by atoms with van der Waals surface area (Å²) in [7, 11) is 0. The van der Waals surface area contributed by atoms with Crippen LogP contribution in [-0.4, -0.2) is 18.4 Å². The smallest absolute Gasteiger partial charge is 0.312 e. The van der Waals surface area contributed by atoms with E-state index in [0.717, 1.165) is 16.7 Å². The topological polar surface area (TPSA) is 79.2 Å². The molecule has 3 aromatic carbocycles. The SMILES string of the molecule is N#Cc1ccc(-c2ccc(OC(=O)CCNC(=O)Cc3ccccc3)cc2)cc1. The van der Waals surface area contributed by atoms with Crippen molar-refractivity contribution in [2.24, 2.45) is 0 Å². The van der Waals surface area contributed by atoms with Crippen LogP contribution in [0.2, 0.25) is 0 Å². The first-order chi connectivity index (χ1) is 14.1. The Morgan fingerprint density at radius 1 is 0.862 bits per heavy atom. The summed E-state index contributed by atoms with van der Waals surface area (Å²) in [6.07, 6.45) is 0.380. The summed E-state index contributed by atoms with van der Waals surface area (Å²) in [5, 5.41) is 11.6. The van der Waals surface area contributed by atoms with E-state index >= 15 is 0 Å². The summed E-state index contributed by atoms with van der Waals surface area (Å²) < 4.78 is 5.31. The van der Waals surface area contributed by atoms with Gasteiger partial charge in [0, 0.05) is 6.54 Å². The third kappa shape index (κ3) is 6.05. The molecule has 0 aliphatic rings. The van der Waals surface area contributed by atoms with Gasteiger partial charge >= 0.3 is 5.97 Å². The van der Waals surface area contributed by atoms with Crippen molar-refractivity contribution in [3.8, 4) is 22.9 Å². The molecule has 0 saturated carbocycles. The van der Waals surface area contributed by atoms with Gasteiger partial charge in [-0.25, -0.2) is 0 Å². The number of rotatable bonds is 7. The number of carbonyl (C=O) groups excluding carboxylic acids is 2. The summed E-state index contributed by atoms with van der Waals surface area (Å²) in [5.74, 6) is -0.0880. The molecular formula is C24H20N2O3. The van der Waals surface area contributed by atoms with Gasteiger partial charge < -0.3 is 10.1 Å². The monoisotopic (exact) mass is 384 g/mol. The third-order valence-corrected chi connectivity index (χ3v) is 4.29. The Morgan fingerprint density at radius 3 is 2.10 bits per heavy atom. The molecule has 1 N–H and O–H groups in total. The van der Waals surface area contributed by atoms with Gasteiger partial charge in [-0.2, -0.15) is 5.26 Å². The van der Waals surface area contributed by atoms with Gasteiger partial charge in [0.1, 0.15) is 5.75 Å². The maximum absolute atomic E-state index is 12.0. The van der Waals surface area contributed by atoms with Gasteiger partial charge in [-0.1, -0.05) is 54.6 Å². The van der Waals surface area contributed by atoms with Gasteiger partial charge in [0.15, 0.2) is 0 Å². The lowest BCUT2D eigenvalue weighted by atomic mass is 10.0. The summed E-state index contributed by atoms with van der Waals surface area (Å²) in [6.45, 7) is 0.230. The largest absolute Gasteiger partial charge is 0.426 e. The highest BCUT2D eigenvalue weighted by molar-refractivity contribution is 5.79. The van der Waals surface area contributed by atoms with Gasteiger partial charge in [0.25, 0.3) is 0 Å². The number of hydrogen-bond acceptors (Lipinski definition) is 4. The second-order valence-electron chi connectivity index (χ2n) is 6.45. The number of nitriles is 1. The molecule has 0 fully saturated rings. The van der Waals surface area contributed by atoms with Gasteiger partial charge in [0.2, 0.25) is 5.91 Å². The lowest BCUT2D eigenvalue weighted by Crippen LogP contribution is -2.28. The van der Waals surface area contributed by atoms with Crippen LogP contribution >= 0.6 is 0 Å². The van der Waals surface area contributed by atoms with E-state index in [-0.39, 0.29) is 25.3 Å². The Morgan fingerprint density at radius 2 is 1.48 bits per heavy atom. The van der Waals surface area contributed by atoms with Gasteiger partial charge in [-0.15, -0.1) is 0 Å². The Labute approximate surface area is 169 Å². The molecule has 0 heterocycles. The molecular weight excluding hydrogens is 364 g/mol. The molecule has 3 aromatic rings. The molecule has 0 atom stereocenters. The zero-order chi connectivity index (χ0) is 20.5. The number of nitrogens with one attached hydrogen (secondary N) is 1. The van der Waals surface area contributed by atoms with Crippen molar-refractivity contribution in [1.82, 2.24) is 5.32 Å². The molecule has 0 spiro atoms. The van der Waals surface area contributed by atoms with Gasteiger partial charge in [-0.05, 0) is 41.0 Å². The molecule has 0 aliphatic carbocycles. The predicted octanol–water partition coefficient (Wildman–Crippen LogP) is 3.88. The van der Waals surface area contributed by atoms with E-state index in [1.54, 1.807) is 24.3 Å². The molecule has 0 aromatic heterocycles. The zero-order valence-electron chi connectivity index (χ0n) is 15.8. The Balaban J connectivity index is 1.44. The van der Waals surface area contributed by atoms with Crippen LogP contribution in [0.1, 0.15) is 17.5 Å². The van der Waals surface area contributed by atoms with Gasteiger partial charge in [0.05, 0.1) is 24.5 Å². The first-order valence-electron chi connectivity index (χ1n) is 9.26. The molecule has 29 heavy (non-hydrogen) atoms. The van der Waals surface area contributed by atoms with E-state index in [4.69, 9.17) is 10.00 Å². The summed E-state index contributed by atoms with van der Waals surface area (Å²) >= 11 is 0. The lowest BCUT2D eigenvalue weighted by molar-refractivity contribution is -0.134. The number of benzene rings is 3. The maximum atomic E-state index is 12.0. The quantitative estimate of drug-likeness (QED) is 0.495.